The molecule has 1 aliphatic rings. The van der Waals surface area contributed by atoms with Crippen LogP contribution >= 0.6 is 0 Å². The lowest BCUT2D eigenvalue weighted by atomic mass is 10.1. The molecular formula is C13H19N3O2. The lowest BCUT2D eigenvalue weighted by Gasteiger charge is -2.39. The van der Waals surface area contributed by atoms with Crippen molar-refractivity contribution in [3.8, 4) is 0 Å². The average molecular weight is 249 g/mol. The fourth-order valence-electron chi connectivity index (χ4n) is 2.50. The maximum absolute atomic E-state index is 11.0. The molecule has 5 nitrogen and oxygen atoms in total. The maximum Gasteiger partial charge on any atom is 0.273 e. The second kappa shape index (κ2) is 5.46. The Bertz CT molecular complexity index is 426. The number of nitro groups is 1. The zero-order valence-electron chi connectivity index (χ0n) is 10.8. The molecule has 1 fully saturated rings. The number of rotatable bonds is 3. The summed E-state index contributed by atoms with van der Waals surface area (Å²) in [5.41, 5.74) is 1.01. The van der Waals surface area contributed by atoms with Gasteiger partial charge in [-0.05, 0) is 13.8 Å². The van der Waals surface area contributed by atoms with Gasteiger partial charge >= 0.3 is 0 Å². The van der Waals surface area contributed by atoms with Gasteiger partial charge < -0.3 is 5.32 Å². The molecule has 1 N–H and O–H groups in total. The van der Waals surface area contributed by atoms with Gasteiger partial charge in [-0.15, -0.1) is 0 Å². The highest BCUT2D eigenvalue weighted by molar-refractivity contribution is 5.39. The number of nitro benzene ring substituents is 1. The fraction of sp³-hybridized carbons (Fsp3) is 0.538. The maximum atomic E-state index is 11.0. The zero-order valence-corrected chi connectivity index (χ0v) is 10.8. The summed E-state index contributed by atoms with van der Waals surface area (Å²) in [6.07, 6.45) is 0. The van der Waals surface area contributed by atoms with E-state index in [1.807, 2.05) is 12.1 Å². The van der Waals surface area contributed by atoms with Crippen molar-refractivity contribution in [2.24, 2.45) is 0 Å². The third-order valence-corrected chi connectivity index (χ3v) is 3.55. The molecule has 0 aliphatic carbocycles. The van der Waals surface area contributed by atoms with E-state index in [0.29, 0.717) is 18.6 Å². The summed E-state index contributed by atoms with van der Waals surface area (Å²) in [7, 11) is 0. The lowest BCUT2D eigenvalue weighted by molar-refractivity contribution is -0.385. The second-order valence-corrected chi connectivity index (χ2v) is 4.91. The first-order valence-electron chi connectivity index (χ1n) is 6.28. The molecule has 2 unspecified atom stereocenters. The van der Waals surface area contributed by atoms with Gasteiger partial charge in [0.05, 0.1) is 4.92 Å². The van der Waals surface area contributed by atoms with Crippen molar-refractivity contribution in [2.45, 2.75) is 32.5 Å². The quantitative estimate of drug-likeness (QED) is 0.655. The van der Waals surface area contributed by atoms with Crippen LogP contribution in [0.1, 0.15) is 19.4 Å². The van der Waals surface area contributed by atoms with Gasteiger partial charge in [-0.25, -0.2) is 0 Å². The molecule has 98 valence electrons. The van der Waals surface area contributed by atoms with Crippen molar-refractivity contribution in [3.05, 3.63) is 39.9 Å². The van der Waals surface area contributed by atoms with Crippen molar-refractivity contribution in [1.82, 2.24) is 10.2 Å². The molecule has 1 aliphatic heterocycles. The van der Waals surface area contributed by atoms with Crippen molar-refractivity contribution >= 4 is 5.69 Å². The standard InChI is InChI=1S/C13H19N3O2/c1-10-7-14-8-11(2)15(10)9-12-5-3-4-6-13(12)16(17)18/h3-6,10-11,14H,7-9H2,1-2H3. The van der Waals surface area contributed by atoms with Crippen LogP contribution in [0.2, 0.25) is 0 Å². The summed E-state index contributed by atoms with van der Waals surface area (Å²) >= 11 is 0. The number of nitrogens with zero attached hydrogens (tertiary/aromatic N) is 2. The number of hydrogen-bond acceptors (Lipinski definition) is 4. The van der Waals surface area contributed by atoms with Crippen LogP contribution in [0.4, 0.5) is 5.69 Å². The van der Waals surface area contributed by atoms with Gasteiger partial charge in [0.25, 0.3) is 5.69 Å². The van der Waals surface area contributed by atoms with Crippen molar-refractivity contribution in [3.63, 3.8) is 0 Å². The van der Waals surface area contributed by atoms with Crippen LogP contribution in [0.25, 0.3) is 0 Å². The molecular weight excluding hydrogens is 230 g/mol. The highest BCUT2D eigenvalue weighted by Gasteiger charge is 2.26. The van der Waals surface area contributed by atoms with Crippen LogP contribution in [0.3, 0.4) is 0 Å². The topological polar surface area (TPSA) is 58.4 Å². The Kier molecular flexibility index (Phi) is 3.93. The fourth-order valence-corrected chi connectivity index (χ4v) is 2.50. The van der Waals surface area contributed by atoms with Gasteiger partial charge in [0.1, 0.15) is 0 Å². The molecule has 0 aromatic heterocycles. The van der Waals surface area contributed by atoms with Gasteiger partial charge in [-0.2, -0.15) is 0 Å². The number of hydrogen-bond donors (Lipinski definition) is 1. The smallest absolute Gasteiger partial charge is 0.273 e. The molecule has 1 aromatic rings. The molecule has 0 bridgehead atoms. The minimum atomic E-state index is -0.299. The summed E-state index contributed by atoms with van der Waals surface area (Å²) in [4.78, 5) is 13.0. The lowest BCUT2D eigenvalue weighted by Crippen LogP contribution is -2.54. The van der Waals surface area contributed by atoms with E-state index in [2.05, 4.69) is 24.1 Å². The predicted octanol–water partition coefficient (Wildman–Crippen LogP) is 1.78. The molecule has 0 spiro atoms. The summed E-state index contributed by atoms with van der Waals surface area (Å²) in [6.45, 7) is 6.81. The Hall–Kier alpha value is -1.46. The molecule has 0 saturated carbocycles. The normalized spacial score (nSPS) is 25.0. The number of benzene rings is 1. The Morgan fingerprint density at radius 3 is 2.56 bits per heavy atom. The Morgan fingerprint density at radius 1 is 1.33 bits per heavy atom. The minimum Gasteiger partial charge on any atom is -0.314 e. The summed E-state index contributed by atoms with van der Waals surface area (Å²) < 4.78 is 0. The highest BCUT2D eigenvalue weighted by atomic mass is 16.6. The minimum absolute atomic E-state index is 0.218. The van der Waals surface area contributed by atoms with Crippen molar-refractivity contribution < 1.29 is 4.92 Å². The van der Waals surface area contributed by atoms with Crippen LogP contribution < -0.4 is 5.32 Å². The largest absolute Gasteiger partial charge is 0.314 e. The van der Waals surface area contributed by atoms with E-state index in [1.54, 1.807) is 12.1 Å². The SMILES string of the molecule is CC1CNCC(C)N1Cc1ccccc1[N+](=O)[O-]. The molecule has 18 heavy (non-hydrogen) atoms. The van der Waals surface area contributed by atoms with Gasteiger partial charge in [-0.3, -0.25) is 15.0 Å². The van der Waals surface area contributed by atoms with Crippen molar-refractivity contribution in [1.29, 1.82) is 0 Å². The first kappa shape index (κ1) is 13.0. The number of piperazine rings is 1. The zero-order chi connectivity index (χ0) is 13.1. The van der Waals surface area contributed by atoms with Gasteiger partial charge in [0.2, 0.25) is 0 Å². The van der Waals surface area contributed by atoms with E-state index >= 15 is 0 Å². The Balaban J connectivity index is 2.20. The van der Waals surface area contributed by atoms with Crippen LogP contribution in [-0.4, -0.2) is 35.0 Å². The van der Waals surface area contributed by atoms with E-state index < -0.39 is 0 Å². The molecule has 1 saturated heterocycles. The highest BCUT2D eigenvalue weighted by Crippen LogP contribution is 2.22. The Labute approximate surface area is 107 Å². The summed E-state index contributed by atoms with van der Waals surface area (Å²) in [5, 5.41) is 14.4. The van der Waals surface area contributed by atoms with Crippen LogP contribution in [0.5, 0.6) is 0 Å². The molecule has 5 heteroatoms. The molecule has 1 aromatic carbocycles. The molecule has 0 amide bonds. The predicted molar refractivity (Wildman–Crippen MR) is 70.4 cm³/mol. The molecule has 1 heterocycles. The van der Waals surface area contributed by atoms with Gasteiger partial charge in [0, 0.05) is 43.3 Å². The average Bonchev–Trinajstić information content (AvgIpc) is 2.34. The van der Waals surface area contributed by atoms with Gasteiger partial charge in [0.15, 0.2) is 0 Å². The van der Waals surface area contributed by atoms with Crippen molar-refractivity contribution in [2.75, 3.05) is 13.1 Å². The van der Waals surface area contributed by atoms with E-state index in [1.165, 1.54) is 0 Å². The number of nitrogens with one attached hydrogen (secondary N) is 1. The van der Waals surface area contributed by atoms with Gasteiger partial charge in [-0.1, -0.05) is 18.2 Å². The van der Waals surface area contributed by atoms with E-state index in [9.17, 15) is 10.1 Å². The van der Waals surface area contributed by atoms with Crippen LogP contribution in [0.15, 0.2) is 24.3 Å². The van der Waals surface area contributed by atoms with E-state index in [-0.39, 0.29) is 10.6 Å². The third-order valence-electron chi connectivity index (χ3n) is 3.55. The Morgan fingerprint density at radius 2 is 1.94 bits per heavy atom. The number of para-hydroxylation sites is 1. The molecule has 2 atom stereocenters. The first-order valence-corrected chi connectivity index (χ1v) is 6.28. The third kappa shape index (κ3) is 2.68. The molecule has 0 radical (unpaired) electrons. The van der Waals surface area contributed by atoms with E-state index in [4.69, 9.17) is 0 Å². The van der Waals surface area contributed by atoms with Crippen LogP contribution in [0, 0.1) is 10.1 Å². The summed E-state index contributed by atoms with van der Waals surface area (Å²) in [6, 6.07) is 7.79. The van der Waals surface area contributed by atoms with E-state index in [0.717, 1.165) is 18.7 Å². The first-order chi connectivity index (χ1) is 8.59. The second-order valence-electron chi connectivity index (χ2n) is 4.91. The molecule has 2 rings (SSSR count). The monoisotopic (exact) mass is 249 g/mol. The summed E-state index contributed by atoms with van der Waals surface area (Å²) in [5.74, 6) is 0. The van der Waals surface area contributed by atoms with Crippen LogP contribution in [-0.2, 0) is 6.54 Å².